The summed E-state index contributed by atoms with van der Waals surface area (Å²) < 4.78 is 39.2. The van der Waals surface area contributed by atoms with E-state index in [0.29, 0.717) is 6.61 Å². The first-order valence-electron chi connectivity index (χ1n) is 9.99. The number of hydrogen-bond acceptors (Lipinski definition) is 5. The minimum atomic E-state index is -3.13. The summed E-state index contributed by atoms with van der Waals surface area (Å²) in [6.45, 7) is 3.43. The molecule has 1 spiro atoms. The fourth-order valence-corrected chi connectivity index (χ4v) is 5.99. The molecular weight excluding hydrogens is 364 g/mol. The first-order valence-corrected chi connectivity index (χ1v) is 11.5. The molecule has 2 aliphatic heterocycles. The zero-order chi connectivity index (χ0) is 18.9. The number of benzene rings is 1. The number of para-hydroxylation sites is 1. The maximum Gasteiger partial charge on any atom is 0.214 e. The van der Waals surface area contributed by atoms with Gasteiger partial charge in [0, 0.05) is 37.8 Å². The molecule has 1 aromatic carbocycles. The van der Waals surface area contributed by atoms with Crippen LogP contribution in [0.15, 0.2) is 24.3 Å². The maximum atomic E-state index is 12.3. The highest BCUT2D eigenvalue weighted by molar-refractivity contribution is 7.90. The van der Waals surface area contributed by atoms with Gasteiger partial charge in [0.15, 0.2) is 0 Å². The molecule has 27 heavy (non-hydrogen) atoms. The van der Waals surface area contributed by atoms with Crippen LogP contribution < -0.4 is 9.46 Å². The average molecular weight is 395 g/mol. The predicted octanol–water partition coefficient (Wildman–Crippen LogP) is 2.29. The predicted molar refractivity (Wildman–Crippen MR) is 104 cm³/mol. The number of nitrogens with zero attached hydrogens (tertiary/aromatic N) is 1. The standard InChI is InChI=1S/C20H30N2O4S/c1-25-19-5-3-2-4-16(19)15-22-11-9-20(10-12-22)14-17(8-13-26-20)21-27(23,24)18-6-7-18/h2-5,17-18,21H,6-15H2,1H3/t17-/m0/s1. The molecule has 2 saturated heterocycles. The summed E-state index contributed by atoms with van der Waals surface area (Å²) in [5.41, 5.74) is 1.03. The minimum Gasteiger partial charge on any atom is -0.496 e. The number of ether oxygens (including phenoxy) is 2. The Balaban J connectivity index is 1.33. The van der Waals surface area contributed by atoms with Gasteiger partial charge in [-0.3, -0.25) is 4.90 Å². The molecule has 3 fully saturated rings. The summed E-state index contributed by atoms with van der Waals surface area (Å²) in [4.78, 5) is 2.43. The maximum absolute atomic E-state index is 12.3. The summed E-state index contributed by atoms with van der Waals surface area (Å²) in [6.07, 6.45) is 5.08. The lowest BCUT2D eigenvalue weighted by Gasteiger charge is -2.46. The van der Waals surface area contributed by atoms with Crippen molar-refractivity contribution in [2.24, 2.45) is 0 Å². The van der Waals surface area contributed by atoms with E-state index in [-0.39, 0.29) is 16.9 Å². The van der Waals surface area contributed by atoms with E-state index < -0.39 is 10.0 Å². The van der Waals surface area contributed by atoms with Crippen molar-refractivity contribution in [3.05, 3.63) is 29.8 Å². The van der Waals surface area contributed by atoms with Gasteiger partial charge in [-0.1, -0.05) is 18.2 Å². The minimum absolute atomic E-state index is 0.0186. The summed E-state index contributed by atoms with van der Waals surface area (Å²) >= 11 is 0. The van der Waals surface area contributed by atoms with Crippen LogP contribution in [0.4, 0.5) is 0 Å². The lowest BCUT2D eigenvalue weighted by molar-refractivity contribution is -0.118. The van der Waals surface area contributed by atoms with Crippen LogP contribution in [0.2, 0.25) is 0 Å². The molecule has 1 atom stereocenters. The van der Waals surface area contributed by atoms with Crippen LogP contribution in [0.25, 0.3) is 0 Å². The monoisotopic (exact) mass is 394 g/mol. The van der Waals surface area contributed by atoms with Crippen molar-refractivity contribution in [2.45, 2.75) is 62.0 Å². The van der Waals surface area contributed by atoms with Gasteiger partial charge in [-0.2, -0.15) is 0 Å². The average Bonchev–Trinajstić information content (AvgIpc) is 3.50. The number of methoxy groups -OCH3 is 1. The van der Waals surface area contributed by atoms with Crippen molar-refractivity contribution >= 4 is 10.0 Å². The molecule has 0 amide bonds. The Kier molecular flexibility index (Phi) is 5.47. The van der Waals surface area contributed by atoms with Gasteiger partial charge in [0.05, 0.1) is 18.0 Å². The number of nitrogens with one attached hydrogen (secondary N) is 1. The normalized spacial score (nSPS) is 26.2. The molecule has 3 aliphatic rings. The molecule has 7 heteroatoms. The largest absolute Gasteiger partial charge is 0.496 e. The van der Waals surface area contributed by atoms with Crippen LogP contribution in [-0.2, 0) is 21.3 Å². The van der Waals surface area contributed by atoms with Crippen molar-refractivity contribution in [3.63, 3.8) is 0 Å². The third-order valence-electron chi connectivity index (χ3n) is 6.14. The van der Waals surface area contributed by atoms with Gasteiger partial charge in [0.2, 0.25) is 10.0 Å². The lowest BCUT2D eigenvalue weighted by Crippen LogP contribution is -2.53. The van der Waals surface area contributed by atoms with Crippen molar-refractivity contribution < 1.29 is 17.9 Å². The quantitative estimate of drug-likeness (QED) is 0.802. The summed E-state index contributed by atoms with van der Waals surface area (Å²) in [7, 11) is -1.42. The highest BCUT2D eigenvalue weighted by atomic mass is 32.2. The molecular formula is C20H30N2O4S. The Morgan fingerprint density at radius 3 is 2.67 bits per heavy atom. The topological polar surface area (TPSA) is 67.9 Å². The fourth-order valence-electron chi connectivity index (χ4n) is 4.38. The molecule has 150 valence electrons. The van der Waals surface area contributed by atoms with Crippen LogP contribution >= 0.6 is 0 Å². The number of piperidine rings is 1. The highest BCUT2D eigenvalue weighted by Crippen LogP contribution is 2.37. The molecule has 1 aromatic rings. The van der Waals surface area contributed by atoms with Crippen LogP contribution in [0.1, 0.15) is 44.1 Å². The molecule has 1 aliphatic carbocycles. The molecule has 0 radical (unpaired) electrons. The Hall–Kier alpha value is -1.15. The molecule has 1 N–H and O–H groups in total. The van der Waals surface area contributed by atoms with Crippen LogP contribution in [-0.4, -0.2) is 57.0 Å². The number of likely N-dealkylation sites (tertiary alicyclic amines) is 1. The second-order valence-corrected chi connectivity index (χ2v) is 10.2. The van der Waals surface area contributed by atoms with Crippen molar-refractivity contribution in [1.29, 1.82) is 0 Å². The van der Waals surface area contributed by atoms with Gasteiger partial charge in [-0.15, -0.1) is 0 Å². The van der Waals surface area contributed by atoms with E-state index in [2.05, 4.69) is 15.7 Å². The molecule has 0 aromatic heterocycles. The fraction of sp³-hybridized carbons (Fsp3) is 0.700. The highest BCUT2D eigenvalue weighted by Gasteiger charge is 2.43. The smallest absolute Gasteiger partial charge is 0.214 e. The molecule has 6 nitrogen and oxygen atoms in total. The Morgan fingerprint density at radius 1 is 1.22 bits per heavy atom. The second kappa shape index (κ2) is 7.70. The molecule has 0 unspecified atom stereocenters. The second-order valence-electron chi connectivity index (χ2n) is 8.17. The molecule has 0 bridgehead atoms. The van der Waals surface area contributed by atoms with E-state index in [0.717, 1.165) is 63.9 Å². The van der Waals surface area contributed by atoms with Gasteiger partial charge in [0.1, 0.15) is 5.75 Å². The molecule has 2 heterocycles. The summed E-state index contributed by atoms with van der Waals surface area (Å²) in [5, 5.41) is -0.154. The zero-order valence-electron chi connectivity index (χ0n) is 16.0. The van der Waals surface area contributed by atoms with Gasteiger partial charge in [0.25, 0.3) is 0 Å². The van der Waals surface area contributed by atoms with Crippen LogP contribution in [0.3, 0.4) is 0 Å². The van der Waals surface area contributed by atoms with E-state index in [9.17, 15) is 8.42 Å². The summed E-state index contributed by atoms with van der Waals surface area (Å²) in [5.74, 6) is 0.932. The Morgan fingerprint density at radius 2 is 1.96 bits per heavy atom. The SMILES string of the molecule is COc1ccccc1CN1CCC2(CC1)C[C@@H](NS(=O)(=O)C1CC1)CCO2. The van der Waals surface area contributed by atoms with E-state index >= 15 is 0 Å². The summed E-state index contributed by atoms with van der Waals surface area (Å²) in [6, 6.07) is 8.17. The van der Waals surface area contributed by atoms with E-state index in [4.69, 9.17) is 9.47 Å². The third-order valence-corrected chi connectivity index (χ3v) is 8.15. The first-order chi connectivity index (χ1) is 13.0. The van der Waals surface area contributed by atoms with E-state index in [1.54, 1.807) is 7.11 Å². The van der Waals surface area contributed by atoms with E-state index in [1.807, 2.05) is 18.2 Å². The number of sulfonamides is 1. The lowest BCUT2D eigenvalue weighted by atomic mass is 9.82. The van der Waals surface area contributed by atoms with E-state index in [1.165, 1.54) is 5.56 Å². The van der Waals surface area contributed by atoms with Gasteiger partial charge >= 0.3 is 0 Å². The van der Waals surface area contributed by atoms with Crippen LogP contribution in [0.5, 0.6) is 5.75 Å². The van der Waals surface area contributed by atoms with Crippen LogP contribution in [0, 0.1) is 0 Å². The number of rotatable bonds is 6. The van der Waals surface area contributed by atoms with Crippen molar-refractivity contribution in [3.8, 4) is 5.75 Å². The zero-order valence-corrected chi connectivity index (χ0v) is 16.8. The van der Waals surface area contributed by atoms with Crippen molar-refractivity contribution in [1.82, 2.24) is 9.62 Å². The first kappa shape index (κ1) is 19.2. The Labute approximate surface area is 162 Å². The van der Waals surface area contributed by atoms with Gasteiger partial charge < -0.3 is 9.47 Å². The number of hydrogen-bond donors (Lipinski definition) is 1. The third kappa shape index (κ3) is 4.47. The van der Waals surface area contributed by atoms with Gasteiger partial charge in [-0.05, 0) is 44.6 Å². The van der Waals surface area contributed by atoms with Gasteiger partial charge in [-0.25, -0.2) is 13.1 Å². The molecule has 4 rings (SSSR count). The van der Waals surface area contributed by atoms with Crippen molar-refractivity contribution in [2.75, 3.05) is 26.8 Å². The molecule has 1 saturated carbocycles. The Bertz CT molecular complexity index is 755.